The van der Waals surface area contributed by atoms with Gasteiger partial charge >= 0.3 is 0 Å². The van der Waals surface area contributed by atoms with Crippen LogP contribution in [0.25, 0.3) is 21.8 Å². The van der Waals surface area contributed by atoms with Gasteiger partial charge in [-0.25, -0.2) is 0 Å². The van der Waals surface area contributed by atoms with Crippen molar-refractivity contribution in [3.05, 3.63) is 99.6 Å². The van der Waals surface area contributed by atoms with E-state index in [1.807, 2.05) is 37.3 Å². The van der Waals surface area contributed by atoms with Crippen LogP contribution in [0.4, 0.5) is 0 Å². The number of pyridine rings is 2. The Hall–Kier alpha value is -4.28. The number of halogens is 1. The molecule has 0 bridgehead atoms. The highest BCUT2D eigenvalue weighted by atomic mass is 35.5. The molecule has 0 aliphatic heterocycles. The molecule has 8 heteroatoms. The summed E-state index contributed by atoms with van der Waals surface area (Å²) < 4.78 is 0. The van der Waals surface area contributed by atoms with E-state index in [4.69, 9.17) is 11.6 Å². The molecule has 3 aromatic heterocycles. The average Bonchev–Trinajstić information content (AvgIpc) is 3.23. The molecule has 0 unspecified atom stereocenters. The molecule has 0 fully saturated rings. The topological polar surface area (TPSA) is 107 Å². The van der Waals surface area contributed by atoms with E-state index in [1.54, 1.807) is 30.6 Å². The monoisotopic (exact) mass is 466 g/mol. The second-order valence-electron chi connectivity index (χ2n) is 8.10. The molecule has 0 atom stereocenters. The highest BCUT2D eigenvalue weighted by Crippen LogP contribution is 2.22. The molecule has 0 aliphatic carbocycles. The first-order chi connectivity index (χ1) is 16.5. The lowest BCUT2D eigenvalue weighted by atomic mass is 10.0. The molecule has 0 saturated carbocycles. The Balaban J connectivity index is 1.35. The van der Waals surface area contributed by atoms with Gasteiger partial charge in [-0.15, -0.1) is 0 Å². The number of hydrogen-bond donors (Lipinski definition) is 2. The number of fused-ring (bicyclic) bond motifs is 2. The fourth-order valence-corrected chi connectivity index (χ4v) is 4.15. The van der Waals surface area contributed by atoms with Gasteiger partial charge in [0, 0.05) is 45.9 Å². The van der Waals surface area contributed by atoms with Crippen LogP contribution in [0.15, 0.2) is 60.9 Å². The molecule has 0 spiro atoms. The van der Waals surface area contributed by atoms with Gasteiger partial charge < -0.3 is 5.32 Å². The van der Waals surface area contributed by atoms with Crippen molar-refractivity contribution in [1.82, 2.24) is 25.5 Å². The van der Waals surface area contributed by atoms with Gasteiger partial charge in [0.1, 0.15) is 6.07 Å². The predicted octanol–water partition coefficient (Wildman–Crippen LogP) is 4.86. The third kappa shape index (κ3) is 4.32. The van der Waals surface area contributed by atoms with Crippen LogP contribution in [0.5, 0.6) is 0 Å². The van der Waals surface area contributed by atoms with Crippen molar-refractivity contribution in [2.45, 2.75) is 19.9 Å². The summed E-state index contributed by atoms with van der Waals surface area (Å²) in [5.74, 6) is -0.224. The Morgan fingerprint density at radius 1 is 1.15 bits per heavy atom. The molecular formula is C26H19ClN6O. The maximum atomic E-state index is 12.8. The standard InChI is InChI=1S/C26H19ClN6O/c1-15-6-18-7-16(8-19(12-28)25(18)30-13-15)9-21-10-17(4-5-29-21)26(34)31-14-24-22-11-20(27)2-3-23(22)32-33-24/h2-8,10-11,13H,9,14H2,1H3,(H,31,34)(H,32,33). The number of nitriles is 1. The van der Waals surface area contributed by atoms with Gasteiger partial charge in [-0.1, -0.05) is 11.6 Å². The summed E-state index contributed by atoms with van der Waals surface area (Å²) in [5.41, 5.74) is 5.97. The molecule has 34 heavy (non-hydrogen) atoms. The Kier molecular flexibility index (Phi) is 5.66. The molecule has 3 heterocycles. The molecule has 5 rings (SSSR count). The van der Waals surface area contributed by atoms with E-state index in [2.05, 4.69) is 31.6 Å². The van der Waals surface area contributed by atoms with Crippen LogP contribution in [-0.2, 0) is 13.0 Å². The number of amides is 1. The summed E-state index contributed by atoms with van der Waals surface area (Å²) in [6, 6.07) is 17.0. The number of rotatable bonds is 5. The minimum absolute atomic E-state index is 0.224. The molecule has 2 N–H and O–H groups in total. The minimum Gasteiger partial charge on any atom is -0.346 e. The Morgan fingerprint density at radius 3 is 2.88 bits per heavy atom. The molecule has 0 radical (unpaired) electrons. The second-order valence-corrected chi connectivity index (χ2v) is 8.53. The molecule has 5 aromatic rings. The van der Waals surface area contributed by atoms with Crippen LogP contribution >= 0.6 is 11.6 Å². The lowest BCUT2D eigenvalue weighted by molar-refractivity contribution is 0.0950. The van der Waals surface area contributed by atoms with Crippen LogP contribution < -0.4 is 5.32 Å². The van der Waals surface area contributed by atoms with E-state index in [0.717, 1.165) is 33.1 Å². The van der Waals surface area contributed by atoms with Crippen LogP contribution in [0.2, 0.25) is 5.02 Å². The SMILES string of the molecule is Cc1cnc2c(C#N)cc(Cc3cc(C(=O)NCc4n[nH]c5ccc(Cl)cc45)ccn3)cc2c1. The van der Waals surface area contributed by atoms with Crippen LogP contribution in [-0.4, -0.2) is 26.1 Å². The average molecular weight is 467 g/mol. The number of H-pyrrole nitrogens is 1. The lowest BCUT2D eigenvalue weighted by Crippen LogP contribution is -2.23. The molecule has 2 aromatic carbocycles. The van der Waals surface area contributed by atoms with Crippen LogP contribution in [0, 0.1) is 18.3 Å². The smallest absolute Gasteiger partial charge is 0.251 e. The first-order valence-electron chi connectivity index (χ1n) is 10.6. The highest BCUT2D eigenvalue weighted by Gasteiger charge is 2.12. The molecule has 1 amide bonds. The maximum Gasteiger partial charge on any atom is 0.251 e. The number of carbonyl (C=O) groups is 1. The van der Waals surface area contributed by atoms with Crippen molar-refractivity contribution in [2.75, 3.05) is 0 Å². The van der Waals surface area contributed by atoms with E-state index in [9.17, 15) is 10.1 Å². The van der Waals surface area contributed by atoms with Crippen molar-refractivity contribution < 1.29 is 4.79 Å². The van der Waals surface area contributed by atoms with Gasteiger partial charge in [-0.2, -0.15) is 10.4 Å². The summed E-state index contributed by atoms with van der Waals surface area (Å²) in [6.07, 6.45) is 3.86. The summed E-state index contributed by atoms with van der Waals surface area (Å²) in [6.45, 7) is 2.23. The zero-order chi connectivity index (χ0) is 23.7. The number of hydrogen-bond acceptors (Lipinski definition) is 5. The van der Waals surface area contributed by atoms with Gasteiger partial charge in [-0.3, -0.25) is 19.9 Å². The Labute approximate surface area is 200 Å². The van der Waals surface area contributed by atoms with Gasteiger partial charge in [0.05, 0.1) is 28.8 Å². The van der Waals surface area contributed by atoms with Gasteiger partial charge in [-0.05, 0) is 66.6 Å². The molecule has 7 nitrogen and oxygen atoms in total. The van der Waals surface area contributed by atoms with Gasteiger partial charge in [0.25, 0.3) is 5.91 Å². The third-order valence-electron chi connectivity index (χ3n) is 5.58. The van der Waals surface area contributed by atoms with Crippen LogP contribution in [0.3, 0.4) is 0 Å². The van der Waals surface area contributed by atoms with E-state index in [1.165, 1.54) is 0 Å². The Bertz CT molecular complexity index is 1600. The Morgan fingerprint density at radius 2 is 2.03 bits per heavy atom. The number of benzene rings is 2. The number of aromatic amines is 1. The summed E-state index contributed by atoms with van der Waals surface area (Å²) >= 11 is 6.09. The molecule has 166 valence electrons. The zero-order valence-electron chi connectivity index (χ0n) is 18.3. The summed E-state index contributed by atoms with van der Waals surface area (Å²) in [5, 5.41) is 22.1. The van der Waals surface area contributed by atoms with E-state index in [-0.39, 0.29) is 12.5 Å². The summed E-state index contributed by atoms with van der Waals surface area (Å²) in [7, 11) is 0. The third-order valence-corrected chi connectivity index (χ3v) is 5.82. The van der Waals surface area contributed by atoms with Gasteiger partial charge in [0.15, 0.2) is 0 Å². The predicted molar refractivity (Wildman–Crippen MR) is 131 cm³/mol. The second kappa shape index (κ2) is 8.93. The van der Waals surface area contributed by atoms with Crippen molar-refractivity contribution in [2.24, 2.45) is 0 Å². The molecule has 0 saturated heterocycles. The number of aryl methyl sites for hydroxylation is 1. The fraction of sp³-hybridized carbons (Fsp3) is 0.115. The first kappa shape index (κ1) is 21.6. The molecular weight excluding hydrogens is 448 g/mol. The van der Waals surface area contributed by atoms with E-state index < -0.39 is 0 Å². The number of carbonyl (C=O) groups excluding carboxylic acids is 1. The highest BCUT2D eigenvalue weighted by molar-refractivity contribution is 6.31. The van der Waals surface area contributed by atoms with Crippen molar-refractivity contribution in [3.63, 3.8) is 0 Å². The first-order valence-corrected chi connectivity index (χ1v) is 11.0. The van der Waals surface area contributed by atoms with E-state index >= 15 is 0 Å². The van der Waals surface area contributed by atoms with Crippen molar-refractivity contribution in [3.8, 4) is 6.07 Å². The fourth-order valence-electron chi connectivity index (χ4n) is 3.98. The lowest BCUT2D eigenvalue weighted by Gasteiger charge is -2.08. The normalized spacial score (nSPS) is 11.0. The summed E-state index contributed by atoms with van der Waals surface area (Å²) in [4.78, 5) is 21.6. The zero-order valence-corrected chi connectivity index (χ0v) is 19.0. The van der Waals surface area contributed by atoms with Gasteiger partial charge in [0.2, 0.25) is 0 Å². The largest absolute Gasteiger partial charge is 0.346 e. The number of aromatic nitrogens is 4. The number of nitrogens with one attached hydrogen (secondary N) is 2. The minimum atomic E-state index is -0.224. The van der Waals surface area contributed by atoms with Crippen LogP contribution in [0.1, 0.15) is 38.4 Å². The number of nitrogens with zero attached hydrogens (tertiary/aromatic N) is 4. The molecule has 0 aliphatic rings. The van der Waals surface area contributed by atoms with Crippen molar-refractivity contribution in [1.29, 1.82) is 5.26 Å². The van der Waals surface area contributed by atoms with Crippen molar-refractivity contribution >= 4 is 39.3 Å². The quantitative estimate of drug-likeness (QED) is 0.384. The van der Waals surface area contributed by atoms with E-state index in [0.29, 0.717) is 33.8 Å². The maximum absolute atomic E-state index is 12.8.